The Morgan fingerprint density at radius 3 is 2.58 bits per heavy atom. The smallest absolute Gasteiger partial charge is 0.232 e. The number of carbonyl (C=O) groups excluding carboxylic acids is 1. The summed E-state index contributed by atoms with van der Waals surface area (Å²) in [6, 6.07) is 22.9. The molecule has 1 amide bonds. The number of benzene rings is 2. The van der Waals surface area contributed by atoms with Crippen LogP contribution in [0.2, 0.25) is 0 Å². The van der Waals surface area contributed by atoms with E-state index in [0.29, 0.717) is 12.3 Å². The minimum absolute atomic E-state index is 0.186. The molecule has 2 heterocycles. The zero-order chi connectivity index (χ0) is 16.4. The van der Waals surface area contributed by atoms with Crippen LogP contribution in [0, 0.1) is 0 Å². The summed E-state index contributed by atoms with van der Waals surface area (Å²) in [4.78, 5) is 16.0. The van der Waals surface area contributed by atoms with Gasteiger partial charge in [0.25, 0.3) is 0 Å². The van der Waals surface area contributed by atoms with E-state index in [9.17, 15) is 4.79 Å². The van der Waals surface area contributed by atoms with Crippen molar-refractivity contribution in [3.05, 3.63) is 88.1 Å². The third kappa shape index (κ3) is 3.00. The summed E-state index contributed by atoms with van der Waals surface area (Å²) >= 11 is 1.65. The molecule has 1 unspecified atom stereocenters. The van der Waals surface area contributed by atoms with Crippen LogP contribution in [0.15, 0.2) is 72.1 Å². The first-order valence-electron chi connectivity index (χ1n) is 8.27. The number of fused-ring (bicyclic) bond motifs is 1. The zero-order valence-corrected chi connectivity index (χ0v) is 14.2. The van der Waals surface area contributed by atoms with Crippen LogP contribution in [-0.4, -0.2) is 12.5 Å². The van der Waals surface area contributed by atoms with Gasteiger partial charge in [-0.3, -0.25) is 4.79 Å². The lowest BCUT2D eigenvalue weighted by Gasteiger charge is -2.35. The Morgan fingerprint density at radius 1 is 1.00 bits per heavy atom. The summed E-state index contributed by atoms with van der Waals surface area (Å²) in [7, 11) is 0. The van der Waals surface area contributed by atoms with Gasteiger partial charge in [0.2, 0.25) is 5.91 Å². The fourth-order valence-corrected chi connectivity index (χ4v) is 4.13. The van der Waals surface area contributed by atoms with Crippen LogP contribution in [0.25, 0.3) is 0 Å². The molecular weight excluding hydrogens is 314 g/mol. The Kier molecular flexibility index (Phi) is 4.18. The average Bonchev–Trinajstić information content (AvgIpc) is 3.14. The van der Waals surface area contributed by atoms with Crippen LogP contribution in [0.1, 0.15) is 21.9 Å². The second kappa shape index (κ2) is 6.62. The molecule has 0 radical (unpaired) electrons. The highest BCUT2D eigenvalue weighted by atomic mass is 32.1. The minimum Gasteiger partial charge on any atom is -0.311 e. The number of hydrogen-bond donors (Lipinski definition) is 0. The normalized spacial score (nSPS) is 16.7. The minimum atomic E-state index is 0.186. The number of hydrogen-bond acceptors (Lipinski definition) is 2. The molecule has 4 rings (SSSR count). The topological polar surface area (TPSA) is 20.3 Å². The standard InChI is InChI=1S/C21H19NOS/c23-21(14-19-10-6-12-24-19)22-15-18(16-7-2-1-3-8-16)13-17-9-4-5-11-20(17)22/h1-12,18H,13-15H2. The van der Waals surface area contributed by atoms with E-state index in [1.807, 2.05) is 34.5 Å². The van der Waals surface area contributed by atoms with Crippen LogP contribution >= 0.6 is 11.3 Å². The lowest BCUT2D eigenvalue weighted by atomic mass is 9.87. The molecule has 0 saturated carbocycles. The highest BCUT2D eigenvalue weighted by molar-refractivity contribution is 7.10. The number of para-hydroxylation sites is 1. The summed E-state index contributed by atoms with van der Waals surface area (Å²) in [5.74, 6) is 0.541. The third-order valence-corrected chi connectivity index (χ3v) is 5.51. The molecule has 0 bridgehead atoms. The van der Waals surface area contributed by atoms with Crippen molar-refractivity contribution in [1.29, 1.82) is 0 Å². The molecule has 0 N–H and O–H groups in total. The van der Waals surface area contributed by atoms with Crippen LogP contribution in [-0.2, 0) is 17.6 Å². The summed E-state index contributed by atoms with van der Waals surface area (Å²) in [6.45, 7) is 0.755. The Balaban J connectivity index is 1.65. The Hall–Kier alpha value is -2.39. The molecule has 3 heteroatoms. The third-order valence-electron chi connectivity index (χ3n) is 4.63. The SMILES string of the molecule is O=C(Cc1cccs1)N1CC(c2ccccc2)Cc2ccccc21. The van der Waals surface area contributed by atoms with E-state index >= 15 is 0 Å². The largest absolute Gasteiger partial charge is 0.311 e. The maximum atomic E-state index is 12.9. The Bertz CT molecular complexity index is 826. The van der Waals surface area contributed by atoms with Crippen LogP contribution in [0.5, 0.6) is 0 Å². The number of anilines is 1. The summed E-state index contributed by atoms with van der Waals surface area (Å²) in [6.07, 6.45) is 1.47. The van der Waals surface area contributed by atoms with E-state index in [1.54, 1.807) is 11.3 Å². The first kappa shape index (κ1) is 15.2. The summed E-state index contributed by atoms with van der Waals surface area (Å²) < 4.78 is 0. The molecule has 24 heavy (non-hydrogen) atoms. The zero-order valence-electron chi connectivity index (χ0n) is 13.4. The first-order valence-corrected chi connectivity index (χ1v) is 9.15. The molecule has 1 aliphatic heterocycles. The van der Waals surface area contributed by atoms with E-state index in [0.717, 1.165) is 23.5 Å². The fourth-order valence-electron chi connectivity index (χ4n) is 3.44. The molecule has 1 aliphatic rings. The molecule has 2 aromatic carbocycles. The second-order valence-corrected chi connectivity index (χ2v) is 7.23. The van der Waals surface area contributed by atoms with Gasteiger partial charge in [0, 0.05) is 23.0 Å². The predicted molar refractivity (Wildman–Crippen MR) is 99.7 cm³/mol. The van der Waals surface area contributed by atoms with Crippen LogP contribution in [0.4, 0.5) is 5.69 Å². The van der Waals surface area contributed by atoms with E-state index in [1.165, 1.54) is 11.1 Å². The average molecular weight is 333 g/mol. The molecule has 0 saturated heterocycles. The Labute approximate surface area is 146 Å². The maximum absolute atomic E-state index is 12.9. The van der Waals surface area contributed by atoms with Gasteiger partial charge in [-0.15, -0.1) is 11.3 Å². The lowest BCUT2D eigenvalue weighted by Crippen LogP contribution is -2.39. The van der Waals surface area contributed by atoms with Crippen molar-refractivity contribution < 1.29 is 4.79 Å². The van der Waals surface area contributed by atoms with Gasteiger partial charge in [-0.25, -0.2) is 0 Å². The fraction of sp³-hybridized carbons (Fsp3) is 0.190. The first-order chi connectivity index (χ1) is 11.8. The molecule has 0 aliphatic carbocycles. The molecule has 0 fully saturated rings. The predicted octanol–water partition coefficient (Wildman–Crippen LogP) is 4.66. The molecule has 120 valence electrons. The van der Waals surface area contributed by atoms with E-state index < -0.39 is 0 Å². The Morgan fingerprint density at radius 2 is 1.79 bits per heavy atom. The molecular formula is C21H19NOS. The number of nitrogens with zero attached hydrogens (tertiary/aromatic N) is 1. The van der Waals surface area contributed by atoms with Crippen LogP contribution < -0.4 is 4.90 Å². The highest BCUT2D eigenvalue weighted by Gasteiger charge is 2.29. The monoisotopic (exact) mass is 333 g/mol. The number of amides is 1. The van der Waals surface area contributed by atoms with Gasteiger partial charge in [0.1, 0.15) is 0 Å². The van der Waals surface area contributed by atoms with Gasteiger partial charge in [-0.05, 0) is 35.1 Å². The van der Waals surface area contributed by atoms with Gasteiger partial charge in [0.05, 0.1) is 6.42 Å². The maximum Gasteiger partial charge on any atom is 0.232 e. The summed E-state index contributed by atoms with van der Waals surface area (Å²) in [5.41, 5.74) is 3.64. The highest BCUT2D eigenvalue weighted by Crippen LogP contribution is 2.34. The number of rotatable bonds is 3. The molecule has 2 nitrogen and oxygen atoms in total. The van der Waals surface area contributed by atoms with Crippen molar-refractivity contribution in [2.75, 3.05) is 11.4 Å². The molecule has 1 atom stereocenters. The van der Waals surface area contributed by atoms with E-state index in [4.69, 9.17) is 0 Å². The quantitative estimate of drug-likeness (QED) is 0.682. The van der Waals surface area contributed by atoms with E-state index in [2.05, 4.69) is 42.5 Å². The van der Waals surface area contributed by atoms with Crippen LogP contribution in [0.3, 0.4) is 0 Å². The van der Waals surface area contributed by atoms with Gasteiger partial charge in [-0.2, -0.15) is 0 Å². The van der Waals surface area contributed by atoms with E-state index in [-0.39, 0.29) is 5.91 Å². The van der Waals surface area contributed by atoms with Gasteiger partial charge in [0.15, 0.2) is 0 Å². The van der Waals surface area contributed by atoms with Crippen molar-refractivity contribution in [3.63, 3.8) is 0 Å². The molecule has 3 aromatic rings. The lowest BCUT2D eigenvalue weighted by molar-refractivity contribution is -0.118. The van der Waals surface area contributed by atoms with Gasteiger partial charge < -0.3 is 4.90 Å². The number of thiophene rings is 1. The van der Waals surface area contributed by atoms with Crippen molar-refractivity contribution in [2.45, 2.75) is 18.8 Å². The van der Waals surface area contributed by atoms with Crippen molar-refractivity contribution in [2.24, 2.45) is 0 Å². The van der Waals surface area contributed by atoms with Crippen molar-refractivity contribution in [3.8, 4) is 0 Å². The number of carbonyl (C=O) groups is 1. The molecule has 1 aromatic heterocycles. The molecule has 0 spiro atoms. The van der Waals surface area contributed by atoms with Crippen molar-refractivity contribution in [1.82, 2.24) is 0 Å². The summed E-state index contributed by atoms with van der Waals surface area (Å²) in [5, 5.41) is 2.03. The van der Waals surface area contributed by atoms with Crippen molar-refractivity contribution >= 4 is 22.9 Å². The van der Waals surface area contributed by atoms with Gasteiger partial charge >= 0.3 is 0 Å². The second-order valence-electron chi connectivity index (χ2n) is 6.20. The van der Waals surface area contributed by atoms with Gasteiger partial charge in [-0.1, -0.05) is 54.6 Å².